The van der Waals surface area contributed by atoms with Crippen LogP contribution in [0.15, 0.2) is 10.9 Å². The van der Waals surface area contributed by atoms with E-state index in [-0.39, 0.29) is 5.56 Å². The molecule has 98 valence electrons. The minimum absolute atomic E-state index is 0.104. The van der Waals surface area contributed by atoms with E-state index < -0.39 is 5.79 Å². The zero-order valence-corrected chi connectivity index (χ0v) is 11.2. The van der Waals surface area contributed by atoms with Gasteiger partial charge in [0.1, 0.15) is 0 Å². The Kier molecular flexibility index (Phi) is 2.61. The number of hydrogen-bond donors (Lipinski definition) is 0. The molecule has 4 heteroatoms. The second kappa shape index (κ2) is 3.93. The fourth-order valence-electron chi connectivity index (χ4n) is 3.04. The molecule has 1 fully saturated rings. The van der Waals surface area contributed by atoms with Gasteiger partial charge in [0.25, 0.3) is 5.56 Å². The summed E-state index contributed by atoms with van der Waals surface area (Å²) in [7, 11) is 0. The summed E-state index contributed by atoms with van der Waals surface area (Å²) in [6, 6.07) is 2.10. The fourth-order valence-corrected chi connectivity index (χ4v) is 3.04. The predicted molar refractivity (Wildman–Crippen MR) is 67.7 cm³/mol. The lowest BCUT2D eigenvalue weighted by atomic mass is 9.97. The van der Waals surface area contributed by atoms with Crippen LogP contribution in [-0.4, -0.2) is 17.8 Å². The van der Waals surface area contributed by atoms with Crippen LogP contribution in [0.3, 0.4) is 0 Å². The average Bonchev–Trinajstić information content (AvgIpc) is 2.93. The number of fused-ring (bicyclic) bond motifs is 2. The SMILES string of the molecule is Cc1c(C(C)C)cc2n(c1=O)CCC21OCCO1. The van der Waals surface area contributed by atoms with Gasteiger partial charge in [-0.15, -0.1) is 0 Å². The zero-order valence-electron chi connectivity index (χ0n) is 11.2. The minimum atomic E-state index is -0.656. The third-order valence-corrected chi connectivity index (χ3v) is 4.01. The van der Waals surface area contributed by atoms with E-state index in [9.17, 15) is 4.79 Å². The molecule has 2 aliphatic heterocycles. The highest BCUT2D eigenvalue weighted by Crippen LogP contribution is 2.40. The van der Waals surface area contributed by atoms with Gasteiger partial charge in [-0.1, -0.05) is 13.8 Å². The summed E-state index contributed by atoms with van der Waals surface area (Å²) in [6.07, 6.45) is 0.739. The van der Waals surface area contributed by atoms with Crippen LogP contribution in [0.2, 0.25) is 0 Å². The largest absolute Gasteiger partial charge is 0.342 e. The molecule has 1 aromatic heterocycles. The first-order chi connectivity index (χ1) is 8.55. The summed E-state index contributed by atoms with van der Waals surface area (Å²) in [4.78, 5) is 12.4. The molecule has 0 bridgehead atoms. The van der Waals surface area contributed by atoms with Crippen molar-refractivity contribution in [2.24, 2.45) is 0 Å². The van der Waals surface area contributed by atoms with E-state index >= 15 is 0 Å². The molecule has 1 saturated heterocycles. The Morgan fingerprint density at radius 2 is 2.00 bits per heavy atom. The van der Waals surface area contributed by atoms with Crippen LogP contribution in [0.1, 0.15) is 43.0 Å². The fraction of sp³-hybridized carbons (Fsp3) is 0.643. The van der Waals surface area contributed by atoms with Gasteiger partial charge in [-0.2, -0.15) is 0 Å². The van der Waals surface area contributed by atoms with Crippen molar-refractivity contribution in [2.75, 3.05) is 13.2 Å². The molecular formula is C14H19NO3. The third kappa shape index (κ3) is 1.49. The van der Waals surface area contributed by atoms with Gasteiger partial charge >= 0.3 is 0 Å². The Morgan fingerprint density at radius 1 is 1.33 bits per heavy atom. The van der Waals surface area contributed by atoms with Crippen LogP contribution in [-0.2, 0) is 21.8 Å². The number of aromatic nitrogens is 1. The first-order valence-electron chi connectivity index (χ1n) is 6.58. The highest BCUT2D eigenvalue weighted by molar-refractivity contribution is 5.33. The molecular weight excluding hydrogens is 230 g/mol. The van der Waals surface area contributed by atoms with Crippen molar-refractivity contribution in [1.29, 1.82) is 0 Å². The van der Waals surface area contributed by atoms with Crippen molar-refractivity contribution >= 4 is 0 Å². The lowest BCUT2D eigenvalue weighted by molar-refractivity contribution is -0.163. The maximum atomic E-state index is 12.4. The number of hydrogen-bond acceptors (Lipinski definition) is 3. The molecule has 0 saturated carbocycles. The zero-order chi connectivity index (χ0) is 12.9. The number of rotatable bonds is 1. The topological polar surface area (TPSA) is 40.5 Å². The van der Waals surface area contributed by atoms with Crippen LogP contribution < -0.4 is 5.56 Å². The van der Waals surface area contributed by atoms with E-state index in [1.165, 1.54) is 0 Å². The van der Waals surface area contributed by atoms with Gasteiger partial charge in [0.2, 0.25) is 5.79 Å². The summed E-state index contributed by atoms with van der Waals surface area (Å²) >= 11 is 0. The van der Waals surface area contributed by atoms with E-state index in [0.717, 1.165) is 23.2 Å². The molecule has 0 atom stereocenters. The van der Waals surface area contributed by atoms with Crippen LogP contribution >= 0.6 is 0 Å². The number of nitrogens with zero attached hydrogens (tertiary/aromatic N) is 1. The Labute approximate surface area is 107 Å². The molecule has 4 nitrogen and oxygen atoms in total. The summed E-state index contributed by atoms with van der Waals surface area (Å²) in [5, 5.41) is 0. The highest BCUT2D eigenvalue weighted by atomic mass is 16.7. The Balaban J connectivity index is 2.22. The van der Waals surface area contributed by atoms with Crippen molar-refractivity contribution in [3.8, 4) is 0 Å². The maximum absolute atomic E-state index is 12.4. The lowest BCUT2D eigenvalue weighted by Crippen LogP contribution is -2.29. The van der Waals surface area contributed by atoms with E-state index in [0.29, 0.717) is 25.7 Å². The van der Waals surface area contributed by atoms with Gasteiger partial charge in [-0.3, -0.25) is 4.79 Å². The third-order valence-electron chi connectivity index (χ3n) is 4.01. The van der Waals surface area contributed by atoms with E-state index in [2.05, 4.69) is 19.9 Å². The minimum Gasteiger partial charge on any atom is -0.342 e. The molecule has 0 N–H and O–H groups in total. The normalized spacial score (nSPS) is 20.9. The van der Waals surface area contributed by atoms with E-state index in [4.69, 9.17) is 9.47 Å². The maximum Gasteiger partial charge on any atom is 0.254 e. The quantitative estimate of drug-likeness (QED) is 0.763. The van der Waals surface area contributed by atoms with Gasteiger partial charge in [0, 0.05) is 18.5 Å². The molecule has 3 rings (SSSR count). The molecule has 1 spiro atoms. The monoisotopic (exact) mass is 249 g/mol. The highest BCUT2D eigenvalue weighted by Gasteiger charge is 2.45. The molecule has 3 heterocycles. The van der Waals surface area contributed by atoms with Gasteiger partial charge < -0.3 is 14.0 Å². The van der Waals surface area contributed by atoms with E-state index in [1.807, 2.05) is 11.5 Å². The van der Waals surface area contributed by atoms with Crippen LogP contribution in [0, 0.1) is 6.92 Å². The molecule has 0 unspecified atom stereocenters. The average molecular weight is 249 g/mol. The first kappa shape index (κ1) is 11.9. The van der Waals surface area contributed by atoms with E-state index in [1.54, 1.807) is 0 Å². The molecule has 18 heavy (non-hydrogen) atoms. The summed E-state index contributed by atoms with van der Waals surface area (Å²) < 4.78 is 13.4. The van der Waals surface area contributed by atoms with Crippen molar-refractivity contribution in [3.63, 3.8) is 0 Å². The van der Waals surface area contributed by atoms with Crippen LogP contribution in [0.4, 0.5) is 0 Å². The molecule has 0 aliphatic carbocycles. The second-order valence-corrected chi connectivity index (χ2v) is 5.42. The van der Waals surface area contributed by atoms with Crippen LogP contribution in [0.25, 0.3) is 0 Å². The summed E-state index contributed by atoms with van der Waals surface area (Å²) in [5.41, 5.74) is 2.96. The Morgan fingerprint density at radius 3 is 2.61 bits per heavy atom. The Bertz CT molecular complexity index is 539. The summed E-state index contributed by atoms with van der Waals surface area (Å²) in [5.74, 6) is -0.320. The van der Waals surface area contributed by atoms with Crippen molar-refractivity contribution in [2.45, 2.75) is 45.4 Å². The molecule has 0 aromatic carbocycles. The van der Waals surface area contributed by atoms with Crippen molar-refractivity contribution in [1.82, 2.24) is 4.57 Å². The molecule has 2 aliphatic rings. The number of pyridine rings is 1. The predicted octanol–water partition coefficient (Wildman–Crippen LogP) is 1.88. The van der Waals surface area contributed by atoms with Gasteiger partial charge in [0.15, 0.2) is 0 Å². The van der Waals surface area contributed by atoms with Crippen molar-refractivity contribution < 1.29 is 9.47 Å². The number of ether oxygens (including phenoxy) is 2. The van der Waals surface area contributed by atoms with Gasteiger partial charge in [-0.05, 0) is 24.5 Å². The van der Waals surface area contributed by atoms with Gasteiger partial charge in [0.05, 0.1) is 18.9 Å². The first-order valence-corrected chi connectivity index (χ1v) is 6.58. The molecule has 0 radical (unpaired) electrons. The lowest BCUT2D eigenvalue weighted by Gasteiger charge is -2.23. The standard InChI is InChI=1S/C14H19NO3/c1-9(2)11-8-12-14(17-6-7-18-14)4-5-15(12)13(16)10(11)3/h8-9H,4-7H2,1-3H3. The summed E-state index contributed by atoms with van der Waals surface area (Å²) in [6.45, 7) is 8.03. The Hall–Kier alpha value is -1.13. The van der Waals surface area contributed by atoms with Crippen LogP contribution in [0.5, 0.6) is 0 Å². The van der Waals surface area contributed by atoms with Crippen molar-refractivity contribution in [3.05, 3.63) is 33.2 Å². The molecule has 1 aromatic rings. The van der Waals surface area contributed by atoms with Gasteiger partial charge in [-0.25, -0.2) is 0 Å². The second-order valence-electron chi connectivity index (χ2n) is 5.42. The smallest absolute Gasteiger partial charge is 0.254 e. The molecule has 0 amide bonds.